The van der Waals surface area contributed by atoms with Crippen molar-refractivity contribution < 1.29 is 22.8 Å². The molecule has 1 aliphatic rings. The third kappa shape index (κ3) is 6.54. The van der Waals surface area contributed by atoms with Gasteiger partial charge in [0.25, 0.3) is 0 Å². The summed E-state index contributed by atoms with van der Waals surface area (Å²) in [6.07, 6.45) is 6.32. The van der Waals surface area contributed by atoms with E-state index in [1.807, 2.05) is 0 Å². The molecule has 10 nitrogen and oxygen atoms in total. The smallest absolute Gasteiger partial charge is 0.334 e. The molecule has 38 heavy (non-hydrogen) atoms. The van der Waals surface area contributed by atoms with Gasteiger partial charge in [0.2, 0.25) is 0 Å². The van der Waals surface area contributed by atoms with Gasteiger partial charge in [-0.25, -0.2) is 32.6 Å². The topological polar surface area (TPSA) is 132 Å². The van der Waals surface area contributed by atoms with E-state index in [1.54, 1.807) is 31.1 Å². The number of halogens is 4. The summed E-state index contributed by atoms with van der Waals surface area (Å²) < 4.78 is 43.0. The van der Waals surface area contributed by atoms with Crippen LogP contribution in [0.1, 0.15) is 17.7 Å². The highest BCUT2D eigenvalue weighted by Gasteiger charge is 2.31. The Morgan fingerprint density at radius 3 is 2.50 bits per heavy atom. The summed E-state index contributed by atoms with van der Waals surface area (Å²) in [6.45, 7) is 3.06. The van der Waals surface area contributed by atoms with Gasteiger partial charge >= 0.3 is 12.1 Å². The summed E-state index contributed by atoms with van der Waals surface area (Å²) in [7, 11) is 3.36. The molecule has 1 heterocycles. The van der Waals surface area contributed by atoms with Crippen molar-refractivity contribution in [1.29, 1.82) is 5.41 Å². The summed E-state index contributed by atoms with van der Waals surface area (Å²) in [6, 6.07) is -1.28. The van der Waals surface area contributed by atoms with Crippen molar-refractivity contribution in [2.45, 2.75) is 25.6 Å². The molecule has 1 aromatic heterocycles. The molecule has 0 saturated carbocycles. The average Bonchev–Trinajstić information content (AvgIpc) is 3.26. The number of nitrogens with zero attached hydrogens (tertiary/aromatic N) is 4. The predicted molar refractivity (Wildman–Crippen MR) is 135 cm³/mol. The van der Waals surface area contributed by atoms with E-state index in [0.717, 1.165) is 17.0 Å². The first-order valence-corrected chi connectivity index (χ1v) is 11.6. The minimum absolute atomic E-state index is 0.0961. The zero-order valence-electron chi connectivity index (χ0n) is 20.6. The number of carbonyl (C=O) groups excluding carboxylic acids is 2. The summed E-state index contributed by atoms with van der Waals surface area (Å²) in [5.41, 5.74) is 6.50. The molecule has 1 atom stereocenters. The molecule has 2 aromatic rings. The Morgan fingerprint density at radius 1 is 1.29 bits per heavy atom. The van der Waals surface area contributed by atoms with Gasteiger partial charge in [-0.3, -0.25) is 4.90 Å². The molecule has 202 valence electrons. The maximum Gasteiger partial charge on any atom is 0.334 e. The number of amides is 4. The van der Waals surface area contributed by atoms with E-state index >= 15 is 0 Å². The van der Waals surface area contributed by atoms with Gasteiger partial charge in [0, 0.05) is 37.9 Å². The van der Waals surface area contributed by atoms with Gasteiger partial charge in [-0.05, 0) is 29.3 Å². The molecule has 1 unspecified atom stereocenters. The van der Waals surface area contributed by atoms with E-state index in [0.29, 0.717) is 16.2 Å². The molecule has 0 fully saturated rings. The molecule has 0 saturated heterocycles. The molecule has 0 bridgehead atoms. The fraction of sp³-hybridized carbons (Fsp3) is 0.250. The number of urea groups is 2. The number of benzene rings is 1. The van der Waals surface area contributed by atoms with E-state index in [4.69, 9.17) is 22.7 Å². The minimum atomic E-state index is -1.66. The van der Waals surface area contributed by atoms with E-state index in [9.17, 15) is 22.8 Å². The van der Waals surface area contributed by atoms with Crippen molar-refractivity contribution in [3.8, 4) is 0 Å². The highest BCUT2D eigenvalue weighted by Crippen LogP contribution is 2.26. The van der Waals surface area contributed by atoms with Crippen LogP contribution in [0.4, 0.5) is 22.8 Å². The number of rotatable bonds is 8. The van der Waals surface area contributed by atoms with Crippen LogP contribution >= 0.6 is 11.6 Å². The number of primary amides is 1. The van der Waals surface area contributed by atoms with Gasteiger partial charge in [0.15, 0.2) is 17.5 Å². The fourth-order valence-corrected chi connectivity index (χ4v) is 3.97. The molecule has 14 heteroatoms. The van der Waals surface area contributed by atoms with Crippen molar-refractivity contribution in [3.63, 3.8) is 0 Å². The Kier molecular flexibility index (Phi) is 8.84. The SMILES string of the molecule is C=C(NC1C/C(=C/NC)C(=N)C=C1Cl)N(Cc1cc(F)c(F)c(F)c1)C(=O)N(Cc1cn(C)cn1)C(N)=O. The first-order valence-electron chi connectivity index (χ1n) is 11.2. The zero-order chi connectivity index (χ0) is 28.1. The van der Waals surface area contributed by atoms with Gasteiger partial charge in [-0.2, -0.15) is 0 Å². The van der Waals surface area contributed by atoms with Crippen molar-refractivity contribution in [1.82, 2.24) is 30.0 Å². The van der Waals surface area contributed by atoms with Gasteiger partial charge in [0.1, 0.15) is 5.82 Å². The Bertz CT molecular complexity index is 1320. The van der Waals surface area contributed by atoms with Crippen LogP contribution < -0.4 is 16.4 Å². The molecular formula is C24H26ClF3N8O2. The number of hydrogen-bond acceptors (Lipinski definition) is 6. The number of aromatic nitrogens is 2. The lowest BCUT2D eigenvalue weighted by Gasteiger charge is -2.33. The van der Waals surface area contributed by atoms with Crippen LogP contribution in [0, 0.1) is 22.9 Å². The second-order valence-corrected chi connectivity index (χ2v) is 8.88. The molecule has 4 amide bonds. The number of allylic oxidation sites excluding steroid dienone is 1. The Hall–Kier alpha value is -4.26. The molecule has 1 aromatic carbocycles. The van der Waals surface area contributed by atoms with Gasteiger partial charge in [-0.15, -0.1) is 0 Å². The van der Waals surface area contributed by atoms with Gasteiger partial charge in [-0.1, -0.05) is 18.2 Å². The van der Waals surface area contributed by atoms with E-state index in [1.165, 1.54) is 12.4 Å². The lowest BCUT2D eigenvalue weighted by atomic mass is 9.95. The monoisotopic (exact) mass is 550 g/mol. The van der Waals surface area contributed by atoms with Crippen LogP contribution in [0.2, 0.25) is 0 Å². The number of imide groups is 1. The van der Waals surface area contributed by atoms with Crippen LogP contribution in [0.15, 0.2) is 59.9 Å². The van der Waals surface area contributed by atoms with Crippen molar-refractivity contribution in [2.24, 2.45) is 12.8 Å². The Balaban J connectivity index is 1.95. The Labute approximate surface area is 221 Å². The van der Waals surface area contributed by atoms with Gasteiger partial charge in [0.05, 0.1) is 36.9 Å². The van der Waals surface area contributed by atoms with E-state index in [2.05, 4.69) is 22.2 Å². The number of nitrogens with one attached hydrogen (secondary N) is 3. The first kappa shape index (κ1) is 28.3. The van der Waals surface area contributed by atoms with E-state index in [-0.39, 0.29) is 35.1 Å². The molecule has 0 spiro atoms. The predicted octanol–water partition coefficient (Wildman–Crippen LogP) is 3.42. The number of aryl methyl sites for hydroxylation is 1. The highest BCUT2D eigenvalue weighted by molar-refractivity contribution is 6.33. The Morgan fingerprint density at radius 2 is 1.95 bits per heavy atom. The summed E-state index contributed by atoms with van der Waals surface area (Å²) >= 11 is 6.34. The van der Waals surface area contributed by atoms with E-state index < -0.39 is 42.1 Å². The summed E-state index contributed by atoms with van der Waals surface area (Å²) in [5.74, 6) is -4.67. The molecule has 3 rings (SSSR count). The minimum Gasteiger partial charge on any atom is -0.394 e. The second kappa shape index (κ2) is 11.9. The molecule has 1 aliphatic carbocycles. The number of nitrogens with two attached hydrogens (primary N) is 1. The normalized spacial score (nSPS) is 16.2. The number of hydrogen-bond donors (Lipinski definition) is 4. The number of imidazole rings is 1. The maximum atomic E-state index is 13.9. The second-order valence-electron chi connectivity index (χ2n) is 8.45. The van der Waals surface area contributed by atoms with Crippen LogP contribution in [-0.4, -0.2) is 50.2 Å². The summed E-state index contributed by atoms with van der Waals surface area (Å²) in [5, 5.41) is 14.1. The fourth-order valence-electron chi connectivity index (χ4n) is 3.72. The van der Waals surface area contributed by atoms with Crippen LogP contribution in [0.5, 0.6) is 0 Å². The lowest BCUT2D eigenvalue weighted by Crippen LogP contribution is -2.50. The standard InChI is InChI=1S/C24H26ClF3N8O2/c1-13(33-21-6-15(8-31-2)20(29)7-17(21)25)35(9-14-4-18(26)22(28)19(27)5-14)24(38)36(23(30)37)11-16-10-34(3)12-32-16/h4-5,7-8,10,12,21,29,31,33H,1,6,9,11H2,2-3H3,(H2,30,37)/b15-8-,29-20?. The molecular weight excluding hydrogens is 525 g/mol. The first-order chi connectivity index (χ1) is 17.9. The number of carbonyl (C=O) groups is 2. The van der Waals surface area contributed by atoms with Crippen molar-refractivity contribution in [2.75, 3.05) is 7.05 Å². The maximum absolute atomic E-state index is 13.9. The van der Waals surface area contributed by atoms with Gasteiger partial charge < -0.3 is 26.3 Å². The van der Waals surface area contributed by atoms with Crippen LogP contribution in [-0.2, 0) is 20.1 Å². The van der Waals surface area contributed by atoms with Crippen LogP contribution in [0.3, 0.4) is 0 Å². The van der Waals surface area contributed by atoms with Crippen molar-refractivity contribution in [3.05, 3.63) is 88.6 Å². The van der Waals surface area contributed by atoms with Crippen molar-refractivity contribution >= 4 is 29.4 Å². The van der Waals surface area contributed by atoms with Crippen LogP contribution in [0.25, 0.3) is 0 Å². The average molecular weight is 551 g/mol. The highest BCUT2D eigenvalue weighted by atomic mass is 35.5. The largest absolute Gasteiger partial charge is 0.394 e. The third-order valence-corrected chi connectivity index (χ3v) is 5.93. The third-order valence-electron chi connectivity index (χ3n) is 5.56. The summed E-state index contributed by atoms with van der Waals surface area (Å²) in [4.78, 5) is 31.5. The quantitative estimate of drug-likeness (QED) is 0.374. The lowest BCUT2D eigenvalue weighted by molar-refractivity contribution is 0.160. The molecule has 0 radical (unpaired) electrons. The zero-order valence-corrected chi connectivity index (χ0v) is 21.3. The molecule has 0 aliphatic heterocycles. The molecule has 5 N–H and O–H groups in total.